The van der Waals surface area contributed by atoms with Gasteiger partial charge in [-0.15, -0.1) is 0 Å². The number of halogens is 1. The average Bonchev–Trinajstić information content (AvgIpc) is 3.52. The van der Waals surface area contributed by atoms with E-state index in [0.717, 1.165) is 22.5 Å². The maximum Gasteiger partial charge on any atom is 0.209 e. The first-order valence-electron chi connectivity index (χ1n) is 10.6. The Hall–Kier alpha value is -3.97. The molecular formula is C23H22FN7O2. The molecule has 33 heavy (non-hydrogen) atoms. The minimum atomic E-state index is -0.300. The third-order valence-electron chi connectivity index (χ3n) is 6.00. The second kappa shape index (κ2) is 8.18. The number of anilines is 1. The number of imidazole rings is 1. The fourth-order valence-corrected chi connectivity index (χ4v) is 4.48. The number of ether oxygens (including phenoxy) is 1. The molecule has 0 saturated carbocycles. The highest BCUT2D eigenvalue weighted by Gasteiger charge is 2.22. The van der Waals surface area contributed by atoms with E-state index in [4.69, 9.17) is 4.74 Å². The van der Waals surface area contributed by atoms with Gasteiger partial charge in [0.25, 0.3) is 0 Å². The largest absolute Gasteiger partial charge is 0.493 e. The quantitative estimate of drug-likeness (QED) is 0.467. The van der Waals surface area contributed by atoms with Crippen LogP contribution in [0.1, 0.15) is 28.2 Å². The topological polar surface area (TPSA) is 113 Å². The molecule has 0 amide bonds. The first-order valence-corrected chi connectivity index (χ1v) is 10.6. The average molecular weight is 447 g/mol. The molecule has 0 aliphatic carbocycles. The van der Waals surface area contributed by atoms with Gasteiger partial charge in [-0.2, -0.15) is 10.4 Å². The highest BCUT2D eigenvalue weighted by atomic mass is 19.1. The maximum atomic E-state index is 14.6. The van der Waals surface area contributed by atoms with Crippen molar-refractivity contribution < 1.29 is 14.2 Å². The summed E-state index contributed by atoms with van der Waals surface area (Å²) in [7, 11) is 0. The van der Waals surface area contributed by atoms with Crippen LogP contribution in [-0.4, -0.2) is 42.5 Å². The number of aromatic nitrogens is 5. The highest BCUT2D eigenvalue weighted by Crippen LogP contribution is 2.34. The number of aliphatic hydroxyl groups is 1. The normalized spacial score (nSPS) is 12.6. The first-order chi connectivity index (χ1) is 16.0. The van der Waals surface area contributed by atoms with Gasteiger partial charge in [-0.3, -0.25) is 9.08 Å². The summed E-state index contributed by atoms with van der Waals surface area (Å²) in [5, 5.41) is 26.7. The third-order valence-corrected chi connectivity index (χ3v) is 6.00. The molecule has 4 heterocycles. The molecule has 168 valence electrons. The van der Waals surface area contributed by atoms with Crippen LogP contribution in [0.15, 0.2) is 24.7 Å². The van der Waals surface area contributed by atoms with Gasteiger partial charge in [-0.1, -0.05) is 0 Å². The number of aliphatic hydroxyl groups excluding tert-OH is 1. The molecule has 0 saturated heterocycles. The fraction of sp³-hybridized carbons (Fsp3) is 0.304. The van der Waals surface area contributed by atoms with Gasteiger partial charge in [-0.05, 0) is 26.0 Å². The first kappa shape index (κ1) is 20.9. The van der Waals surface area contributed by atoms with Crippen LogP contribution in [0.2, 0.25) is 0 Å². The third kappa shape index (κ3) is 3.37. The van der Waals surface area contributed by atoms with E-state index in [1.807, 2.05) is 13.8 Å². The van der Waals surface area contributed by atoms with E-state index >= 15 is 0 Å². The fourth-order valence-electron chi connectivity index (χ4n) is 4.48. The Morgan fingerprint density at radius 2 is 2.15 bits per heavy atom. The van der Waals surface area contributed by atoms with Crippen LogP contribution in [0.5, 0.6) is 5.75 Å². The van der Waals surface area contributed by atoms with Crippen molar-refractivity contribution in [3.63, 3.8) is 0 Å². The summed E-state index contributed by atoms with van der Waals surface area (Å²) in [6.07, 6.45) is 3.87. The van der Waals surface area contributed by atoms with Crippen molar-refractivity contribution in [2.75, 3.05) is 18.5 Å². The number of nitrogens with zero attached hydrogens (tertiary/aromatic N) is 6. The summed E-state index contributed by atoms with van der Waals surface area (Å²) in [6, 6.07) is 5.21. The molecule has 4 aromatic rings. The molecule has 0 atom stereocenters. The molecule has 0 spiro atoms. The second-order valence-corrected chi connectivity index (χ2v) is 7.87. The van der Waals surface area contributed by atoms with Gasteiger partial charge < -0.3 is 15.2 Å². The predicted molar refractivity (Wildman–Crippen MR) is 118 cm³/mol. The maximum absolute atomic E-state index is 14.6. The Balaban J connectivity index is 1.57. The summed E-state index contributed by atoms with van der Waals surface area (Å²) in [4.78, 5) is 8.82. The summed E-state index contributed by atoms with van der Waals surface area (Å²) < 4.78 is 23.5. The van der Waals surface area contributed by atoms with Crippen molar-refractivity contribution in [3.05, 3.63) is 58.7 Å². The highest BCUT2D eigenvalue weighted by molar-refractivity contribution is 5.86. The molecule has 0 radical (unpaired) electrons. The molecule has 9 nitrogen and oxygen atoms in total. The van der Waals surface area contributed by atoms with Crippen LogP contribution in [-0.2, 0) is 19.5 Å². The van der Waals surface area contributed by atoms with Gasteiger partial charge >= 0.3 is 0 Å². The summed E-state index contributed by atoms with van der Waals surface area (Å²) >= 11 is 0. The molecule has 0 unspecified atom stereocenters. The summed E-state index contributed by atoms with van der Waals surface area (Å²) in [6.45, 7) is 4.89. The van der Waals surface area contributed by atoms with Crippen molar-refractivity contribution in [2.24, 2.45) is 0 Å². The van der Waals surface area contributed by atoms with Crippen LogP contribution in [0, 0.1) is 31.0 Å². The summed E-state index contributed by atoms with van der Waals surface area (Å²) in [5.41, 5.74) is 5.43. The Morgan fingerprint density at radius 1 is 1.30 bits per heavy atom. The number of rotatable bonds is 6. The van der Waals surface area contributed by atoms with E-state index in [1.165, 1.54) is 12.4 Å². The number of hydrogen-bond donors (Lipinski definition) is 2. The van der Waals surface area contributed by atoms with Crippen molar-refractivity contribution in [2.45, 2.75) is 33.4 Å². The molecule has 10 heteroatoms. The summed E-state index contributed by atoms with van der Waals surface area (Å²) in [5.74, 6) is 0.851. The van der Waals surface area contributed by atoms with E-state index < -0.39 is 0 Å². The minimum Gasteiger partial charge on any atom is -0.493 e. The van der Waals surface area contributed by atoms with Gasteiger partial charge in [0.05, 0.1) is 31.0 Å². The van der Waals surface area contributed by atoms with E-state index in [2.05, 4.69) is 26.5 Å². The zero-order valence-electron chi connectivity index (χ0n) is 18.3. The van der Waals surface area contributed by atoms with Gasteiger partial charge in [0.2, 0.25) is 5.95 Å². The molecule has 0 bridgehead atoms. The Kier molecular flexibility index (Phi) is 5.18. The monoisotopic (exact) mass is 447 g/mol. The smallest absolute Gasteiger partial charge is 0.209 e. The van der Waals surface area contributed by atoms with Crippen LogP contribution < -0.4 is 10.1 Å². The zero-order valence-corrected chi connectivity index (χ0v) is 18.3. The lowest BCUT2D eigenvalue weighted by Crippen LogP contribution is -2.10. The second-order valence-electron chi connectivity index (χ2n) is 7.87. The number of hydrogen-bond acceptors (Lipinski definition) is 7. The van der Waals surface area contributed by atoms with Crippen LogP contribution in [0.25, 0.3) is 16.6 Å². The van der Waals surface area contributed by atoms with E-state index in [9.17, 15) is 14.8 Å². The Morgan fingerprint density at radius 3 is 2.94 bits per heavy atom. The van der Waals surface area contributed by atoms with Crippen molar-refractivity contribution in [1.29, 1.82) is 5.26 Å². The molecular weight excluding hydrogens is 425 g/mol. The van der Waals surface area contributed by atoms with Gasteiger partial charge in [0.1, 0.15) is 24.0 Å². The molecule has 5 rings (SSSR count). The van der Waals surface area contributed by atoms with Gasteiger partial charge in [0, 0.05) is 47.1 Å². The van der Waals surface area contributed by atoms with Crippen LogP contribution >= 0.6 is 0 Å². The predicted octanol–water partition coefficient (Wildman–Crippen LogP) is 2.76. The zero-order chi connectivity index (χ0) is 23.1. The standard InChI is InChI=1S/C23H22FN7O2/c1-13-21(14(2)31(29-13)6-7-32)17-11-27-23(30-12-28-19(9-25)22(17)30)26-10-16-15-5-8-33-20(15)4-3-18(16)24/h3-4,11-12,32H,5-8,10H2,1-2H3,(H,26,27). The SMILES string of the molecule is Cc1nn(CCO)c(C)c1-c1cnc(NCc2c(F)ccc3c2CCO3)n2cnc(C#N)c12. The van der Waals surface area contributed by atoms with Gasteiger partial charge in [-0.25, -0.2) is 14.4 Å². The van der Waals surface area contributed by atoms with E-state index in [-0.39, 0.29) is 24.7 Å². The Bertz CT molecular complexity index is 1420. The number of nitriles is 1. The lowest BCUT2D eigenvalue weighted by Gasteiger charge is -2.13. The molecule has 2 N–H and O–H groups in total. The van der Waals surface area contributed by atoms with Crippen LogP contribution in [0.4, 0.5) is 10.3 Å². The molecule has 3 aromatic heterocycles. The lowest BCUT2D eigenvalue weighted by atomic mass is 10.0. The number of fused-ring (bicyclic) bond motifs is 2. The molecule has 0 fully saturated rings. The minimum absolute atomic E-state index is 0.0289. The van der Waals surface area contributed by atoms with Crippen LogP contribution in [0.3, 0.4) is 0 Å². The number of aryl methyl sites for hydroxylation is 1. The van der Waals surface area contributed by atoms with Gasteiger partial charge in [0.15, 0.2) is 5.69 Å². The molecule has 1 aromatic carbocycles. The number of nitrogens with one attached hydrogen (secondary N) is 1. The van der Waals surface area contributed by atoms with E-state index in [0.29, 0.717) is 47.9 Å². The Labute approximate surface area is 189 Å². The van der Waals surface area contributed by atoms with Crippen molar-refractivity contribution in [3.8, 4) is 22.9 Å². The van der Waals surface area contributed by atoms with Crippen molar-refractivity contribution in [1.82, 2.24) is 24.1 Å². The van der Waals surface area contributed by atoms with Crippen molar-refractivity contribution >= 4 is 11.5 Å². The van der Waals surface area contributed by atoms with E-state index in [1.54, 1.807) is 21.3 Å². The lowest BCUT2D eigenvalue weighted by molar-refractivity contribution is 0.268. The molecule has 1 aliphatic heterocycles. The number of benzene rings is 1. The molecule has 1 aliphatic rings.